The van der Waals surface area contributed by atoms with Crippen LogP contribution in [0.1, 0.15) is 6.92 Å². The van der Waals surface area contributed by atoms with Crippen molar-refractivity contribution >= 4 is 46.6 Å². The summed E-state index contributed by atoms with van der Waals surface area (Å²) in [7, 11) is 0. The molecule has 0 bridgehead atoms. The van der Waals surface area contributed by atoms with Crippen molar-refractivity contribution in [2.24, 2.45) is 0 Å². The zero-order chi connectivity index (χ0) is 15.4. The smallest absolute Gasteiger partial charge is 0.359 e. The number of hydrogen-bond acceptors (Lipinski definition) is 4. The Balaban J connectivity index is 2.02. The predicted octanol–water partition coefficient (Wildman–Crippen LogP) is 1.25. The molecule has 0 aliphatic rings. The van der Waals surface area contributed by atoms with Crippen LogP contribution in [0.4, 0.5) is 17.3 Å². The highest BCUT2D eigenvalue weighted by molar-refractivity contribution is 8.00. The molecule has 0 fully saturated rings. The summed E-state index contributed by atoms with van der Waals surface area (Å²) in [5, 5.41) is 3.63. The molecule has 1 amide bonds. The molecule has 7 N–H and O–H groups in total. The van der Waals surface area contributed by atoms with Crippen LogP contribution in [-0.2, 0) is 4.79 Å². The average molecular weight is 326 g/mol. The molecule has 1 atom stereocenters. The second-order valence-corrected chi connectivity index (χ2v) is 6.18. The number of nitrogen functional groups attached to an aromatic ring is 2. The summed E-state index contributed by atoms with van der Waals surface area (Å²) in [6.07, 6.45) is 0. The van der Waals surface area contributed by atoms with Crippen LogP contribution < -0.4 is 26.8 Å². The molecule has 1 aromatic carbocycles. The van der Waals surface area contributed by atoms with Gasteiger partial charge in [-0.2, -0.15) is 9.97 Å². The van der Waals surface area contributed by atoms with E-state index in [4.69, 9.17) is 23.1 Å². The van der Waals surface area contributed by atoms with Crippen molar-refractivity contribution in [1.29, 1.82) is 0 Å². The molecule has 0 aliphatic heterocycles. The van der Waals surface area contributed by atoms with E-state index in [2.05, 4.69) is 15.3 Å². The summed E-state index contributed by atoms with van der Waals surface area (Å²) < 4.78 is 0. The Bertz CT molecular complexity index is 647. The number of carbonyl (C=O) groups is 1. The maximum absolute atomic E-state index is 12.1. The number of aromatic amines is 2. The molecule has 0 aliphatic carbocycles. The number of carbonyl (C=O) groups excluding carboxylic acids is 1. The van der Waals surface area contributed by atoms with Crippen molar-refractivity contribution in [3.63, 3.8) is 0 Å². The maximum atomic E-state index is 12.1. The summed E-state index contributed by atoms with van der Waals surface area (Å²) >= 11 is 7.17. The van der Waals surface area contributed by atoms with Gasteiger partial charge in [0, 0.05) is 10.7 Å². The first kappa shape index (κ1) is 15.4. The van der Waals surface area contributed by atoms with Gasteiger partial charge in [-0.05, 0) is 36.9 Å². The minimum Gasteiger partial charge on any atom is -0.359 e. The van der Waals surface area contributed by atoms with Gasteiger partial charge in [-0.15, -0.1) is 0 Å². The largest absolute Gasteiger partial charge is 0.375 e. The number of hydrogen-bond donors (Lipinski definition) is 3. The third kappa shape index (κ3) is 4.51. The molecule has 0 spiro atoms. The Morgan fingerprint density at radius 1 is 1.29 bits per heavy atom. The number of halogens is 1. The van der Waals surface area contributed by atoms with Crippen molar-refractivity contribution in [1.82, 2.24) is 0 Å². The van der Waals surface area contributed by atoms with Gasteiger partial charge in [0.15, 0.2) is 0 Å². The lowest BCUT2D eigenvalue weighted by Crippen LogP contribution is -2.30. The molecule has 1 unspecified atom stereocenters. The summed E-state index contributed by atoms with van der Waals surface area (Å²) in [5.41, 5.74) is 12.0. The number of H-pyrrole nitrogens is 2. The fourth-order valence-electron chi connectivity index (χ4n) is 1.63. The number of nitrogens with two attached hydrogens (primary N) is 2. The number of aromatic nitrogens is 2. The molecular formula is C13H16ClN5OS+2. The molecule has 6 nitrogen and oxygen atoms in total. The monoisotopic (exact) mass is 325 g/mol. The Morgan fingerprint density at radius 3 is 2.57 bits per heavy atom. The second kappa shape index (κ2) is 6.64. The topological polar surface area (TPSA) is 109 Å². The molecule has 0 saturated heterocycles. The molecule has 2 rings (SSSR count). The van der Waals surface area contributed by atoms with Crippen molar-refractivity contribution in [2.75, 3.05) is 16.8 Å². The fourth-order valence-corrected chi connectivity index (χ4v) is 2.70. The standard InChI is InChI=1S/C13H14ClN5OS/c1-7(21-13-18-10(15)6-11(16)19-13)12(20)17-9-4-2-3-8(14)5-9/h2-7H,1H3,(H,17,20)(H4,15,16,18,19)/p+2. The molecule has 0 saturated carbocycles. The van der Waals surface area contributed by atoms with Crippen molar-refractivity contribution in [2.45, 2.75) is 17.3 Å². The summed E-state index contributed by atoms with van der Waals surface area (Å²) in [4.78, 5) is 18.0. The quantitative estimate of drug-likeness (QED) is 0.580. The summed E-state index contributed by atoms with van der Waals surface area (Å²) in [6.45, 7) is 1.78. The highest BCUT2D eigenvalue weighted by Gasteiger charge is 2.21. The van der Waals surface area contributed by atoms with Crippen molar-refractivity contribution < 1.29 is 14.8 Å². The van der Waals surface area contributed by atoms with Gasteiger partial charge in [0.2, 0.25) is 11.7 Å². The van der Waals surface area contributed by atoms with E-state index in [9.17, 15) is 4.79 Å². The van der Waals surface area contributed by atoms with Gasteiger partial charge in [-0.1, -0.05) is 17.7 Å². The first-order chi connectivity index (χ1) is 9.94. The normalized spacial score (nSPS) is 11.9. The molecule has 2 aromatic rings. The lowest BCUT2D eigenvalue weighted by molar-refractivity contribution is -0.590. The van der Waals surface area contributed by atoms with Crippen LogP contribution in [0.15, 0.2) is 35.5 Å². The molecular weight excluding hydrogens is 310 g/mol. The lowest BCUT2D eigenvalue weighted by Gasteiger charge is -2.09. The van der Waals surface area contributed by atoms with Crippen LogP contribution >= 0.6 is 23.4 Å². The fraction of sp³-hybridized carbons (Fsp3) is 0.154. The van der Waals surface area contributed by atoms with Crippen molar-refractivity contribution in [3.8, 4) is 0 Å². The Hall–Kier alpha value is -1.99. The van der Waals surface area contributed by atoms with E-state index in [1.165, 1.54) is 11.8 Å². The number of anilines is 3. The number of nitrogens with one attached hydrogen (secondary N) is 3. The van der Waals surface area contributed by atoms with E-state index in [-0.39, 0.29) is 11.2 Å². The highest BCUT2D eigenvalue weighted by Crippen LogP contribution is 2.20. The number of amides is 1. The first-order valence-electron chi connectivity index (χ1n) is 6.18. The Kier molecular flexibility index (Phi) is 4.87. The molecule has 1 aromatic heterocycles. The molecule has 0 radical (unpaired) electrons. The van der Waals surface area contributed by atoms with Gasteiger partial charge >= 0.3 is 11.0 Å². The number of rotatable bonds is 4. The van der Waals surface area contributed by atoms with Gasteiger partial charge in [0.25, 0.3) is 0 Å². The van der Waals surface area contributed by atoms with Crippen LogP contribution in [0.2, 0.25) is 5.02 Å². The van der Waals surface area contributed by atoms with Crippen LogP contribution in [0.5, 0.6) is 0 Å². The predicted molar refractivity (Wildman–Crippen MR) is 83.8 cm³/mol. The number of benzene rings is 1. The summed E-state index contributed by atoms with van der Waals surface area (Å²) in [6, 6.07) is 8.55. The zero-order valence-electron chi connectivity index (χ0n) is 11.3. The van der Waals surface area contributed by atoms with E-state index in [1.807, 2.05) is 0 Å². The van der Waals surface area contributed by atoms with Crippen LogP contribution in [0.3, 0.4) is 0 Å². The van der Waals surface area contributed by atoms with E-state index < -0.39 is 0 Å². The van der Waals surface area contributed by atoms with Gasteiger partial charge in [-0.3, -0.25) is 10.5 Å². The minimum atomic E-state index is -0.349. The van der Waals surface area contributed by atoms with E-state index in [0.29, 0.717) is 27.5 Å². The zero-order valence-corrected chi connectivity index (χ0v) is 12.9. The van der Waals surface area contributed by atoms with Crippen LogP contribution in [0.25, 0.3) is 0 Å². The van der Waals surface area contributed by atoms with E-state index >= 15 is 0 Å². The van der Waals surface area contributed by atoms with Gasteiger partial charge in [0.1, 0.15) is 6.07 Å². The Morgan fingerprint density at radius 2 is 1.95 bits per heavy atom. The molecule has 21 heavy (non-hydrogen) atoms. The molecule has 1 heterocycles. The Labute approximate surface area is 131 Å². The first-order valence-corrected chi connectivity index (χ1v) is 7.43. The lowest BCUT2D eigenvalue weighted by atomic mass is 10.3. The number of thioether (sulfide) groups is 1. The third-order valence-electron chi connectivity index (χ3n) is 2.58. The minimum absolute atomic E-state index is 0.148. The second-order valence-electron chi connectivity index (χ2n) is 4.39. The van der Waals surface area contributed by atoms with Gasteiger partial charge in [-0.25, -0.2) is 0 Å². The maximum Gasteiger partial charge on any atom is 0.375 e. The van der Waals surface area contributed by atoms with Crippen LogP contribution in [0, 0.1) is 0 Å². The van der Waals surface area contributed by atoms with E-state index in [1.54, 1.807) is 37.3 Å². The SMILES string of the molecule is CC(Sc1[nH+]c(N)cc(N)[nH+]1)C(=O)Nc1cccc(Cl)c1. The van der Waals surface area contributed by atoms with E-state index in [0.717, 1.165) is 0 Å². The van der Waals surface area contributed by atoms with Gasteiger partial charge < -0.3 is 11.1 Å². The summed E-state index contributed by atoms with van der Waals surface area (Å²) in [5.74, 6) is 0.706. The molecule has 110 valence electrons. The van der Waals surface area contributed by atoms with Crippen molar-refractivity contribution in [3.05, 3.63) is 35.4 Å². The molecule has 8 heteroatoms. The highest BCUT2D eigenvalue weighted by atomic mass is 35.5. The van der Waals surface area contributed by atoms with Crippen LogP contribution in [-0.4, -0.2) is 11.2 Å². The van der Waals surface area contributed by atoms with Gasteiger partial charge in [0.05, 0.1) is 5.25 Å². The average Bonchev–Trinajstić information content (AvgIpc) is 2.37. The third-order valence-corrected chi connectivity index (χ3v) is 3.83.